The van der Waals surface area contributed by atoms with Crippen LogP contribution in [0.3, 0.4) is 0 Å². The van der Waals surface area contributed by atoms with Gasteiger partial charge in [0.05, 0.1) is 28.5 Å². The van der Waals surface area contributed by atoms with Crippen molar-refractivity contribution in [1.29, 1.82) is 5.26 Å². The summed E-state index contributed by atoms with van der Waals surface area (Å²) in [6, 6.07) is 17.7. The number of benzene rings is 2. The molecule has 7 nitrogen and oxygen atoms in total. The van der Waals surface area contributed by atoms with Gasteiger partial charge in [0.15, 0.2) is 0 Å². The van der Waals surface area contributed by atoms with Crippen molar-refractivity contribution in [3.8, 4) is 11.8 Å². The highest BCUT2D eigenvalue weighted by Crippen LogP contribution is 2.23. The molecular formula is C21H18N4O3. The number of oxime groups is 1. The number of hydrogen-bond acceptors (Lipinski definition) is 5. The van der Waals surface area contributed by atoms with Gasteiger partial charge in [-0.3, -0.25) is 10.1 Å². The van der Waals surface area contributed by atoms with E-state index in [4.69, 9.17) is 10.1 Å². The second kappa shape index (κ2) is 8.18. The van der Waals surface area contributed by atoms with Crippen LogP contribution in [0.25, 0.3) is 5.69 Å². The van der Waals surface area contributed by atoms with Crippen LogP contribution in [-0.2, 0) is 11.4 Å². The van der Waals surface area contributed by atoms with Gasteiger partial charge < -0.3 is 9.40 Å². The number of nitro groups is 1. The van der Waals surface area contributed by atoms with Crippen molar-refractivity contribution < 1.29 is 9.76 Å². The molecule has 3 aromatic rings. The fourth-order valence-electron chi connectivity index (χ4n) is 3.02. The zero-order valence-corrected chi connectivity index (χ0v) is 15.5. The highest BCUT2D eigenvalue weighted by molar-refractivity contribution is 5.81. The summed E-state index contributed by atoms with van der Waals surface area (Å²) in [4.78, 5) is 16.0. The zero-order chi connectivity index (χ0) is 20.1. The molecule has 0 unspecified atom stereocenters. The summed E-state index contributed by atoms with van der Waals surface area (Å²) in [6.07, 6.45) is 1.60. The van der Waals surface area contributed by atoms with Crippen LogP contribution in [-0.4, -0.2) is 15.7 Å². The van der Waals surface area contributed by atoms with Gasteiger partial charge >= 0.3 is 0 Å². The third-order valence-electron chi connectivity index (χ3n) is 4.39. The lowest BCUT2D eigenvalue weighted by molar-refractivity contribution is -0.384. The number of nitrogens with zero attached hydrogens (tertiary/aromatic N) is 4. The van der Waals surface area contributed by atoms with Crippen LogP contribution in [0.1, 0.15) is 28.1 Å². The van der Waals surface area contributed by atoms with Crippen molar-refractivity contribution in [3.63, 3.8) is 0 Å². The molecule has 28 heavy (non-hydrogen) atoms. The van der Waals surface area contributed by atoms with Crippen LogP contribution < -0.4 is 0 Å². The van der Waals surface area contributed by atoms with Gasteiger partial charge in [-0.1, -0.05) is 29.4 Å². The maximum absolute atomic E-state index is 11.0. The SMILES string of the molecule is Cc1cc(/C=N\OCc2ccccc2C#N)c(C)n1-c1cccc([N+](=O)[O-])c1. The molecule has 3 rings (SSSR count). The van der Waals surface area contributed by atoms with E-state index in [-0.39, 0.29) is 12.3 Å². The average Bonchev–Trinajstić information content (AvgIpc) is 2.98. The highest BCUT2D eigenvalue weighted by Gasteiger charge is 2.12. The van der Waals surface area contributed by atoms with E-state index in [1.807, 2.05) is 42.7 Å². The summed E-state index contributed by atoms with van der Waals surface area (Å²) < 4.78 is 1.93. The van der Waals surface area contributed by atoms with E-state index in [1.54, 1.807) is 24.4 Å². The summed E-state index contributed by atoms with van der Waals surface area (Å²) in [5, 5.41) is 24.1. The number of nitriles is 1. The predicted molar refractivity (Wildman–Crippen MR) is 105 cm³/mol. The van der Waals surface area contributed by atoms with Gasteiger partial charge in [0.2, 0.25) is 0 Å². The largest absolute Gasteiger partial charge is 0.391 e. The van der Waals surface area contributed by atoms with E-state index in [1.165, 1.54) is 12.1 Å². The molecule has 0 saturated heterocycles. The van der Waals surface area contributed by atoms with E-state index < -0.39 is 4.92 Å². The molecule has 0 atom stereocenters. The molecule has 0 bridgehead atoms. The monoisotopic (exact) mass is 374 g/mol. The van der Waals surface area contributed by atoms with Gasteiger partial charge in [0.25, 0.3) is 5.69 Å². The van der Waals surface area contributed by atoms with E-state index in [2.05, 4.69) is 11.2 Å². The molecule has 0 radical (unpaired) electrons. The summed E-state index contributed by atoms with van der Waals surface area (Å²) >= 11 is 0. The number of hydrogen-bond donors (Lipinski definition) is 0. The molecule has 0 fully saturated rings. The molecule has 0 spiro atoms. The van der Waals surface area contributed by atoms with Gasteiger partial charge in [0, 0.05) is 34.6 Å². The van der Waals surface area contributed by atoms with Gasteiger partial charge in [-0.25, -0.2) is 0 Å². The molecule has 1 aromatic heterocycles. The minimum Gasteiger partial charge on any atom is -0.391 e. The lowest BCUT2D eigenvalue weighted by Crippen LogP contribution is -2.00. The fraction of sp³-hybridized carbons (Fsp3) is 0.143. The molecule has 0 N–H and O–H groups in total. The molecule has 7 heteroatoms. The lowest BCUT2D eigenvalue weighted by Gasteiger charge is -2.09. The molecule has 1 heterocycles. The second-order valence-electron chi connectivity index (χ2n) is 6.22. The zero-order valence-electron chi connectivity index (χ0n) is 15.5. The number of non-ortho nitro benzene ring substituents is 1. The third-order valence-corrected chi connectivity index (χ3v) is 4.39. The van der Waals surface area contributed by atoms with Crippen LogP contribution in [0.4, 0.5) is 5.69 Å². The van der Waals surface area contributed by atoms with Crippen LogP contribution in [0.2, 0.25) is 0 Å². The Morgan fingerprint density at radius 2 is 2.00 bits per heavy atom. The second-order valence-corrected chi connectivity index (χ2v) is 6.22. The summed E-state index contributed by atoms with van der Waals surface area (Å²) in [7, 11) is 0. The van der Waals surface area contributed by atoms with Gasteiger partial charge in [-0.2, -0.15) is 5.26 Å². The third kappa shape index (κ3) is 3.91. The molecule has 0 aliphatic carbocycles. The minimum absolute atomic E-state index is 0.0414. The van der Waals surface area contributed by atoms with E-state index in [9.17, 15) is 10.1 Å². The fourth-order valence-corrected chi connectivity index (χ4v) is 3.02. The Morgan fingerprint density at radius 1 is 1.21 bits per heavy atom. The number of aromatic nitrogens is 1. The van der Waals surface area contributed by atoms with Crippen molar-refractivity contribution in [2.45, 2.75) is 20.5 Å². The Kier molecular flexibility index (Phi) is 5.51. The molecule has 0 saturated carbocycles. The molecule has 140 valence electrons. The molecule has 2 aromatic carbocycles. The van der Waals surface area contributed by atoms with Crippen LogP contribution in [0.5, 0.6) is 0 Å². The maximum atomic E-state index is 11.0. The maximum Gasteiger partial charge on any atom is 0.271 e. The normalized spacial score (nSPS) is 10.8. The van der Waals surface area contributed by atoms with Crippen LogP contribution in [0.15, 0.2) is 59.8 Å². The smallest absolute Gasteiger partial charge is 0.271 e. The number of aryl methyl sites for hydroxylation is 1. The Labute approximate surface area is 162 Å². The van der Waals surface area contributed by atoms with Crippen molar-refractivity contribution in [2.75, 3.05) is 0 Å². The van der Waals surface area contributed by atoms with E-state index in [0.717, 1.165) is 22.5 Å². The first-order valence-corrected chi connectivity index (χ1v) is 8.58. The Morgan fingerprint density at radius 3 is 2.75 bits per heavy atom. The van der Waals surface area contributed by atoms with Crippen molar-refractivity contribution in [3.05, 3.63) is 92.8 Å². The first-order chi connectivity index (χ1) is 13.5. The quantitative estimate of drug-likeness (QED) is 0.362. The van der Waals surface area contributed by atoms with Gasteiger partial charge in [0.1, 0.15) is 6.61 Å². The Hall–Kier alpha value is -3.92. The average molecular weight is 374 g/mol. The number of rotatable bonds is 6. The standard InChI is InChI=1S/C21H18N4O3/c1-15-10-19(13-23-28-14-18-7-4-3-6-17(18)12-22)16(2)24(15)20-8-5-9-21(11-20)25(26)27/h3-11,13H,14H2,1-2H3/b23-13-. The Bertz CT molecular complexity index is 1090. The first-order valence-electron chi connectivity index (χ1n) is 8.58. The van der Waals surface area contributed by atoms with Crippen molar-refractivity contribution in [2.24, 2.45) is 5.16 Å². The lowest BCUT2D eigenvalue weighted by atomic mass is 10.1. The van der Waals surface area contributed by atoms with Gasteiger partial charge in [-0.05, 0) is 32.0 Å². The van der Waals surface area contributed by atoms with Crippen molar-refractivity contribution in [1.82, 2.24) is 4.57 Å². The topological polar surface area (TPSA) is 93.4 Å². The highest BCUT2D eigenvalue weighted by atomic mass is 16.6. The minimum atomic E-state index is -0.410. The molecule has 0 amide bonds. The van der Waals surface area contributed by atoms with Crippen LogP contribution >= 0.6 is 0 Å². The van der Waals surface area contributed by atoms with Gasteiger partial charge in [-0.15, -0.1) is 0 Å². The van der Waals surface area contributed by atoms with E-state index in [0.29, 0.717) is 11.3 Å². The van der Waals surface area contributed by atoms with Crippen molar-refractivity contribution >= 4 is 11.9 Å². The van der Waals surface area contributed by atoms with E-state index >= 15 is 0 Å². The number of nitro benzene ring substituents is 1. The molecular weight excluding hydrogens is 356 g/mol. The predicted octanol–water partition coefficient (Wildman–Crippen LogP) is 4.42. The summed E-state index contributed by atoms with van der Waals surface area (Å²) in [6.45, 7) is 4.04. The molecule has 0 aliphatic rings. The first kappa shape index (κ1) is 18.9. The summed E-state index contributed by atoms with van der Waals surface area (Å²) in [5.74, 6) is 0. The molecule has 0 aliphatic heterocycles. The van der Waals surface area contributed by atoms with Crippen LogP contribution in [0, 0.1) is 35.3 Å². The Balaban J connectivity index is 1.79. The summed E-state index contributed by atoms with van der Waals surface area (Å²) in [5.41, 5.74) is 4.74.